The summed E-state index contributed by atoms with van der Waals surface area (Å²) in [6.07, 6.45) is 3.62. The number of hydrogen-bond acceptors (Lipinski definition) is 3. The van der Waals surface area contributed by atoms with Gasteiger partial charge in [0.25, 0.3) is 5.91 Å². The predicted octanol–water partition coefficient (Wildman–Crippen LogP) is 7.42. The van der Waals surface area contributed by atoms with E-state index in [1.807, 2.05) is 59.6 Å². The Kier molecular flexibility index (Phi) is 7.36. The van der Waals surface area contributed by atoms with Crippen molar-refractivity contribution < 1.29 is 4.79 Å². The van der Waals surface area contributed by atoms with Crippen LogP contribution in [0.2, 0.25) is 5.02 Å². The third-order valence-electron chi connectivity index (χ3n) is 8.03. The van der Waals surface area contributed by atoms with Crippen LogP contribution >= 0.6 is 11.6 Å². The maximum absolute atomic E-state index is 14.0. The molecular weight excluding hydrogens is 528 g/mol. The molecule has 6 rings (SSSR count). The van der Waals surface area contributed by atoms with Crippen LogP contribution in [0, 0.1) is 18.3 Å². The molecule has 0 radical (unpaired) electrons. The fourth-order valence-corrected chi connectivity index (χ4v) is 5.76. The first-order chi connectivity index (χ1) is 19.9. The first-order valence-corrected chi connectivity index (χ1v) is 14.3. The molecule has 5 nitrogen and oxygen atoms in total. The van der Waals surface area contributed by atoms with E-state index in [-0.39, 0.29) is 11.9 Å². The zero-order valence-electron chi connectivity index (χ0n) is 23.0. The van der Waals surface area contributed by atoms with Gasteiger partial charge in [0.2, 0.25) is 0 Å². The normalized spacial score (nSPS) is 13.9. The fraction of sp³-hybridized carbons (Fsp3) is 0.200. The van der Waals surface area contributed by atoms with E-state index in [1.54, 1.807) is 0 Å². The average molecular weight is 559 g/mol. The van der Waals surface area contributed by atoms with E-state index < -0.39 is 0 Å². The number of nitrogens with zero attached hydrogens (tertiary/aromatic N) is 3. The van der Waals surface area contributed by atoms with Crippen molar-refractivity contribution in [1.29, 1.82) is 5.26 Å². The summed E-state index contributed by atoms with van der Waals surface area (Å²) in [6, 6.07) is 30.7. The second-order valence-corrected chi connectivity index (χ2v) is 11.3. The smallest absolute Gasteiger partial charge is 0.256 e. The summed E-state index contributed by atoms with van der Waals surface area (Å²) in [6.45, 7) is 4.01. The van der Waals surface area contributed by atoms with Gasteiger partial charge in [-0.2, -0.15) is 5.26 Å². The lowest BCUT2D eigenvalue weighted by Crippen LogP contribution is -2.42. The van der Waals surface area contributed by atoms with Gasteiger partial charge in [-0.3, -0.25) is 4.79 Å². The number of piperidine rings is 1. The summed E-state index contributed by atoms with van der Waals surface area (Å²) in [7, 11) is 0. The van der Waals surface area contributed by atoms with Crippen LogP contribution in [0.5, 0.6) is 0 Å². The molecule has 0 spiro atoms. The van der Waals surface area contributed by atoms with Crippen molar-refractivity contribution in [2.75, 3.05) is 13.1 Å². The number of benzene rings is 4. The van der Waals surface area contributed by atoms with Crippen LogP contribution in [0.15, 0.2) is 91.1 Å². The van der Waals surface area contributed by atoms with E-state index in [0.29, 0.717) is 35.8 Å². The van der Waals surface area contributed by atoms with Crippen LogP contribution in [0.4, 0.5) is 0 Å². The van der Waals surface area contributed by atoms with Gasteiger partial charge >= 0.3 is 0 Å². The number of aryl methyl sites for hydroxylation is 1. The number of amides is 1. The largest absolute Gasteiger partial charge is 0.342 e. The minimum Gasteiger partial charge on any atom is -0.342 e. The molecule has 1 saturated heterocycles. The topological polar surface area (TPSA) is 75.1 Å². The lowest BCUT2D eigenvalue weighted by molar-refractivity contribution is 0.0716. The minimum atomic E-state index is 0.0330. The van der Waals surface area contributed by atoms with Gasteiger partial charge in [-0.05, 0) is 84.0 Å². The Hall–Kier alpha value is -4.37. The van der Waals surface area contributed by atoms with E-state index in [0.717, 1.165) is 51.6 Å². The van der Waals surface area contributed by atoms with Crippen molar-refractivity contribution in [2.45, 2.75) is 32.4 Å². The highest BCUT2D eigenvalue weighted by Gasteiger charge is 2.26. The third-order valence-corrected chi connectivity index (χ3v) is 8.28. The van der Waals surface area contributed by atoms with Crippen LogP contribution in [0.3, 0.4) is 0 Å². The van der Waals surface area contributed by atoms with Crippen molar-refractivity contribution in [3.05, 3.63) is 118 Å². The quantitative estimate of drug-likeness (QED) is 0.244. The van der Waals surface area contributed by atoms with E-state index >= 15 is 0 Å². The molecule has 0 unspecified atom stereocenters. The number of nitrogens with two attached hydrogens (primary N) is 1. The Balaban J connectivity index is 1.56. The molecule has 2 N–H and O–H groups in total. The van der Waals surface area contributed by atoms with Gasteiger partial charge in [0.05, 0.1) is 17.2 Å². The van der Waals surface area contributed by atoms with Crippen molar-refractivity contribution in [3.8, 4) is 28.3 Å². The average Bonchev–Trinajstić information content (AvgIpc) is 3.35. The molecule has 1 amide bonds. The highest BCUT2D eigenvalue weighted by atomic mass is 35.5. The SMILES string of the molecule is Cc1ccc(-c2cc3c(cc2-c2ccc(C#N)cc2)c(C(=O)N2CCC(N)CC2)cn3Cc2ccc(Cl)cc2)cc1. The molecule has 4 aromatic carbocycles. The molecule has 6 heteroatoms. The van der Waals surface area contributed by atoms with Crippen molar-refractivity contribution in [1.82, 2.24) is 9.47 Å². The van der Waals surface area contributed by atoms with Crippen LogP contribution in [-0.2, 0) is 6.54 Å². The molecular formula is C35H31ClN4O. The summed E-state index contributed by atoms with van der Waals surface area (Å²) >= 11 is 6.16. The van der Waals surface area contributed by atoms with E-state index in [1.165, 1.54) is 5.56 Å². The minimum absolute atomic E-state index is 0.0330. The molecule has 0 aliphatic carbocycles. The molecule has 0 bridgehead atoms. The van der Waals surface area contributed by atoms with Crippen LogP contribution in [0.1, 0.15) is 39.9 Å². The van der Waals surface area contributed by atoms with Crippen molar-refractivity contribution >= 4 is 28.4 Å². The number of nitriles is 1. The van der Waals surface area contributed by atoms with E-state index in [9.17, 15) is 10.1 Å². The predicted molar refractivity (Wildman–Crippen MR) is 166 cm³/mol. The van der Waals surface area contributed by atoms with Gasteiger partial charge in [0.1, 0.15) is 0 Å². The zero-order valence-corrected chi connectivity index (χ0v) is 23.7. The number of carbonyl (C=O) groups is 1. The maximum atomic E-state index is 14.0. The van der Waals surface area contributed by atoms with Gasteiger partial charge in [0.15, 0.2) is 0 Å². The molecule has 5 aromatic rings. The summed E-state index contributed by atoms with van der Waals surface area (Å²) in [5.74, 6) is 0.0330. The second kappa shape index (κ2) is 11.2. The summed E-state index contributed by atoms with van der Waals surface area (Å²) in [4.78, 5) is 15.9. The lowest BCUT2D eigenvalue weighted by atomic mass is 9.91. The van der Waals surface area contributed by atoms with Crippen molar-refractivity contribution in [2.24, 2.45) is 5.73 Å². The Morgan fingerprint density at radius 3 is 2.17 bits per heavy atom. The summed E-state index contributed by atoms with van der Waals surface area (Å²) in [5, 5.41) is 11.0. The third kappa shape index (κ3) is 5.50. The molecule has 2 heterocycles. The monoisotopic (exact) mass is 558 g/mol. The van der Waals surface area contributed by atoms with Crippen LogP contribution in [0.25, 0.3) is 33.2 Å². The van der Waals surface area contributed by atoms with E-state index in [2.05, 4.69) is 54.0 Å². The van der Waals surface area contributed by atoms with Crippen LogP contribution < -0.4 is 5.73 Å². The number of fused-ring (bicyclic) bond motifs is 1. The van der Waals surface area contributed by atoms with Crippen molar-refractivity contribution in [3.63, 3.8) is 0 Å². The van der Waals surface area contributed by atoms with Gasteiger partial charge in [-0.1, -0.05) is 65.7 Å². The molecule has 204 valence electrons. The lowest BCUT2D eigenvalue weighted by Gasteiger charge is -2.30. The second-order valence-electron chi connectivity index (χ2n) is 10.9. The molecule has 41 heavy (non-hydrogen) atoms. The first kappa shape index (κ1) is 26.8. The Morgan fingerprint density at radius 1 is 0.927 bits per heavy atom. The fourth-order valence-electron chi connectivity index (χ4n) is 5.63. The summed E-state index contributed by atoms with van der Waals surface area (Å²) < 4.78 is 2.17. The summed E-state index contributed by atoms with van der Waals surface area (Å²) in [5.41, 5.74) is 14.9. The molecule has 1 aliphatic rings. The molecule has 1 aromatic heterocycles. The van der Waals surface area contributed by atoms with Gasteiger partial charge in [-0.15, -0.1) is 0 Å². The van der Waals surface area contributed by atoms with Crippen LogP contribution in [-0.4, -0.2) is 34.5 Å². The Labute approximate surface area is 245 Å². The number of hydrogen-bond donors (Lipinski definition) is 1. The zero-order chi connectivity index (χ0) is 28.5. The number of rotatable bonds is 5. The van der Waals surface area contributed by atoms with Gasteiger partial charge < -0.3 is 15.2 Å². The molecule has 0 saturated carbocycles. The Bertz CT molecular complexity index is 1760. The standard InChI is InChI=1S/C35H31ClN4O/c1-23-2-8-26(9-3-23)31-19-34-32(18-30(31)27-10-4-24(20-37)5-11-27)33(35(41)39-16-14-29(38)15-17-39)22-40(34)21-25-6-12-28(36)13-7-25/h2-13,18-19,22,29H,14-17,21,38H2,1H3. The maximum Gasteiger partial charge on any atom is 0.256 e. The van der Waals surface area contributed by atoms with Gasteiger partial charge in [-0.25, -0.2) is 0 Å². The molecule has 0 atom stereocenters. The number of aromatic nitrogens is 1. The number of halogens is 1. The van der Waals surface area contributed by atoms with Gasteiger partial charge in [0, 0.05) is 47.8 Å². The highest BCUT2D eigenvalue weighted by Crippen LogP contribution is 2.38. The highest BCUT2D eigenvalue weighted by molar-refractivity contribution is 6.30. The Morgan fingerprint density at radius 2 is 1.54 bits per heavy atom. The molecule has 1 fully saturated rings. The van der Waals surface area contributed by atoms with E-state index in [4.69, 9.17) is 17.3 Å². The molecule has 1 aliphatic heterocycles. The number of likely N-dealkylation sites (tertiary alicyclic amines) is 1. The number of carbonyl (C=O) groups excluding carboxylic acids is 1. The first-order valence-electron chi connectivity index (χ1n) is 13.9.